The van der Waals surface area contributed by atoms with Gasteiger partial charge in [0.2, 0.25) is 0 Å². The summed E-state index contributed by atoms with van der Waals surface area (Å²) in [6, 6.07) is 2.11. The maximum atomic E-state index is 9.85. The van der Waals surface area contributed by atoms with Crippen LogP contribution in [0.15, 0.2) is 12.4 Å². The number of aliphatic hydroxyl groups is 2. The van der Waals surface area contributed by atoms with Crippen LogP contribution >= 0.6 is 0 Å². The Hall–Kier alpha value is -1.40. The van der Waals surface area contributed by atoms with Crippen LogP contribution in [0.3, 0.4) is 0 Å². The molecule has 116 valence electrons. The minimum absolute atomic E-state index is 0.168. The van der Waals surface area contributed by atoms with Gasteiger partial charge in [-0.25, -0.2) is 9.97 Å². The van der Waals surface area contributed by atoms with Crippen molar-refractivity contribution < 1.29 is 10.2 Å². The van der Waals surface area contributed by atoms with Crippen LogP contribution in [0.4, 0.5) is 11.6 Å². The fourth-order valence-corrected chi connectivity index (χ4v) is 3.42. The molecule has 3 atom stereocenters. The van der Waals surface area contributed by atoms with E-state index in [2.05, 4.69) is 20.2 Å². The lowest BCUT2D eigenvalue weighted by molar-refractivity contribution is 0.138. The van der Waals surface area contributed by atoms with Gasteiger partial charge in [-0.2, -0.15) is 0 Å². The lowest BCUT2D eigenvalue weighted by Gasteiger charge is -2.24. The molecule has 1 aliphatic heterocycles. The first-order chi connectivity index (χ1) is 10.3. The number of hydrogen-bond acceptors (Lipinski definition) is 6. The molecule has 6 nitrogen and oxygen atoms in total. The summed E-state index contributed by atoms with van der Waals surface area (Å²) in [6.45, 7) is 1.85. The largest absolute Gasteiger partial charge is 0.394 e. The molecule has 0 radical (unpaired) electrons. The van der Waals surface area contributed by atoms with E-state index in [-0.39, 0.29) is 18.8 Å². The lowest BCUT2D eigenvalue weighted by atomic mass is 10.1. The van der Waals surface area contributed by atoms with Crippen LogP contribution in [-0.2, 0) is 0 Å². The van der Waals surface area contributed by atoms with Gasteiger partial charge >= 0.3 is 0 Å². The molecule has 1 saturated heterocycles. The topological polar surface area (TPSA) is 81.5 Å². The third-order valence-corrected chi connectivity index (χ3v) is 4.70. The Morgan fingerprint density at radius 1 is 1.24 bits per heavy atom. The molecule has 2 fully saturated rings. The van der Waals surface area contributed by atoms with E-state index in [0.29, 0.717) is 5.92 Å². The molecule has 0 aromatic carbocycles. The number of nitrogens with one attached hydrogen (secondary N) is 1. The van der Waals surface area contributed by atoms with E-state index in [1.807, 2.05) is 6.07 Å². The van der Waals surface area contributed by atoms with Crippen molar-refractivity contribution in [2.45, 2.75) is 44.2 Å². The second-order valence-electron chi connectivity index (χ2n) is 6.07. The average Bonchev–Trinajstić information content (AvgIpc) is 3.14. The second kappa shape index (κ2) is 6.58. The highest BCUT2D eigenvalue weighted by atomic mass is 16.3. The third kappa shape index (κ3) is 3.27. The van der Waals surface area contributed by atoms with Gasteiger partial charge in [0.15, 0.2) is 0 Å². The lowest BCUT2D eigenvalue weighted by Crippen LogP contribution is -2.32. The predicted molar refractivity (Wildman–Crippen MR) is 81.3 cm³/mol. The molecular weight excluding hydrogens is 268 g/mol. The Morgan fingerprint density at radius 2 is 2.14 bits per heavy atom. The molecule has 1 aromatic heterocycles. The SMILES string of the molecule is OCC1CCCN1c1cc(NCC2CCCC2O)ncn1. The van der Waals surface area contributed by atoms with Crippen LogP contribution in [0.1, 0.15) is 32.1 Å². The molecule has 0 spiro atoms. The molecule has 1 aliphatic carbocycles. The standard InChI is InChI=1S/C15H24N4O2/c20-9-12-4-2-6-19(12)15-7-14(17-10-18-15)16-8-11-3-1-5-13(11)21/h7,10-13,20-21H,1-6,8-9H2,(H,16,17,18). The van der Waals surface area contributed by atoms with Crippen molar-refractivity contribution in [3.05, 3.63) is 12.4 Å². The normalized spacial score (nSPS) is 29.0. The molecular formula is C15H24N4O2. The van der Waals surface area contributed by atoms with E-state index < -0.39 is 0 Å². The van der Waals surface area contributed by atoms with Crippen molar-refractivity contribution >= 4 is 11.6 Å². The molecule has 2 aliphatic rings. The van der Waals surface area contributed by atoms with Gasteiger partial charge in [-0.05, 0) is 25.7 Å². The Morgan fingerprint density at radius 3 is 2.90 bits per heavy atom. The van der Waals surface area contributed by atoms with Crippen molar-refractivity contribution in [3.8, 4) is 0 Å². The summed E-state index contributed by atoms with van der Waals surface area (Å²) in [6.07, 6.45) is 6.57. The van der Waals surface area contributed by atoms with Gasteiger partial charge in [0, 0.05) is 25.1 Å². The first kappa shape index (κ1) is 14.5. The Kier molecular flexibility index (Phi) is 4.55. The van der Waals surface area contributed by atoms with E-state index in [1.165, 1.54) is 0 Å². The van der Waals surface area contributed by atoms with E-state index in [4.69, 9.17) is 0 Å². The predicted octanol–water partition coefficient (Wildman–Crippen LogP) is 1.01. The molecule has 1 aromatic rings. The zero-order valence-corrected chi connectivity index (χ0v) is 12.3. The number of anilines is 2. The average molecular weight is 292 g/mol. The van der Waals surface area contributed by atoms with Gasteiger partial charge in [0.25, 0.3) is 0 Å². The van der Waals surface area contributed by atoms with Crippen molar-refractivity contribution in [2.24, 2.45) is 5.92 Å². The van der Waals surface area contributed by atoms with Gasteiger partial charge in [0.1, 0.15) is 18.0 Å². The summed E-state index contributed by atoms with van der Waals surface area (Å²) in [5, 5.41) is 22.6. The second-order valence-corrected chi connectivity index (χ2v) is 6.07. The number of rotatable bonds is 5. The molecule has 21 heavy (non-hydrogen) atoms. The molecule has 6 heteroatoms. The zero-order valence-electron chi connectivity index (χ0n) is 12.3. The van der Waals surface area contributed by atoms with Gasteiger partial charge in [-0.3, -0.25) is 0 Å². The van der Waals surface area contributed by atoms with Crippen molar-refractivity contribution in [2.75, 3.05) is 29.9 Å². The first-order valence-corrected chi connectivity index (χ1v) is 7.89. The fraction of sp³-hybridized carbons (Fsp3) is 0.733. The first-order valence-electron chi connectivity index (χ1n) is 7.89. The van der Waals surface area contributed by atoms with Gasteiger partial charge in [0.05, 0.1) is 18.8 Å². The van der Waals surface area contributed by atoms with Crippen molar-refractivity contribution in [1.82, 2.24) is 9.97 Å². The maximum absolute atomic E-state index is 9.85. The van der Waals surface area contributed by atoms with Crippen LogP contribution < -0.4 is 10.2 Å². The highest BCUT2D eigenvalue weighted by Crippen LogP contribution is 2.27. The molecule has 0 bridgehead atoms. The number of aliphatic hydroxyl groups excluding tert-OH is 2. The van der Waals surface area contributed by atoms with Gasteiger partial charge in [-0.15, -0.1) is 0 Å². The minimum atomic E-state index is -0.184. The van der Waals surface area contributed by atoms with E-state index >= 15 is 0 Å². The molecule has 3 unspecified atom stereocenters. The molecule has 1 saturated carbocycles. The highest BCUT2D eigenvalue weighted by molar-refractivity contribution is 5.49. The summed E-state index contributed by atoms with van der Waals surface area (Å²) in [7, 11) is 0. The van der Waals surface area contributed by atoms with Crippen LogP contribution in [0.5, 0.6) is 0 Å². The Labute approximate surface area is 125 Å². The maximum Gasteiger partial charge on any atom is 0.134 e. The zero-order chi connectivity index (χ0) is 14.7. The van der Waals surface area contributed by atoms with Crippen molar-refractivity contribution in [1.29, 1.82) is 0 Å². The summed E-state index contributed by atoms with van der Waals surface area (Å²) in [4.78, 5) is 10.7. The summed E-state index contributed by atoms with van der Waals surface area (Å²) in [5.74, 6) is 1.99. The Balaban J connectivity index is 1.63. The molecule has 3 rings (SSSR count). The fourth-order valence-electron chi connectivity index (χ4n) is 3.42. The number of aromatic nitrogens is 2. The van der Waals surface area contributed by atoms with Crippen LogP contribution in [0.2, 0.25) is 0 Å². The smallest absolute Gasteiger partial charge is 0.134 e. The van der Waals surface area contributed by atoms with Gasteiger partial charge < -0.3 is 20.4 Å². The molecule has 3 N–H and O–H groups in total. The minimum Gasteiger partial charge on any atom is -0.394 e. The quantitative estimate of drug-likeness (QED) is 0.751. The van der Waals surface area contributed by atoms with Crippen LogP contribution in [-0.4, -0.2) is 52.0 Å². The summed E-state index contributed by atoms with van der Waals surface area (Å²) >= 11 is 0. The summed E-state index contributed by atoms with van der Waals surface area (Å²) < 4.78 is 0. The molecule has 2 heterocycles. The number of nitrogens with zero attached hydrogens (tertiary/aromatic N) is 3. The molecule has 0 amide bonds. The van der Waals surface area contributed by atoms with Crippen LogP contribution in [0.25, 0.3) is 0 Å². The van der Waals surface area contributed by atoms with Crippen LogP contribution in [0, 0.1) is 5.92 Å². The Bertz CT molecular complexity index is 471. The third-order valence-electron chi connectivity index (χ3n) is 4.70. The number of hydrogen-bond donors (Lipinski definition) is 3. The van der Waals surface area contributed by atoms with Gasteiger partial charge in [-0.1, -0.05) is 6.42 Å². The van der Waals surface area contributed by atoms with E-state index in [9.17, 15) is 10.2 Å². The summed E-state index contributed by atoms with van der Waals surface area (Å²) in [5.41, 5.74) is 0. The van der Waals surface area contributed by atoms with E-state index in [0.717, 1.165) is 56.8 Å². The highest BCUT2D eigenvalue weighted by Gasteiger charge is 2.26. The van der Waals surface area contributed by atoms with Crippen molar-refractivity contribution in [3.63, 3.8) is 0 Å². The monoisotopic (exact) mass is 292 g/mol. The van der Waals surface area contributed by atoms with E-state index in [1.54, 1.807) is 6.33 Å².